The van der Waals surface area contributed by atoms with E-state index >= 15 is 0 Å². The quantitative estimate of drug-likeness (QED) is 0.768. The summed E-state index contributed by atoms with van der Waals surface area (Å²) in [6, 6.07) is 14.3. The molecule has 0 radical (unpaired) electrons. The second kappa shape index (κ2) is 7.39. The van der Waals surface area contributed by atoms with Gasteiger partial charge in [-0.3, -0.25) is 4.90 Å². The number of carbonyl (C=O) groups excluding carboxylic acids is 1. The molecule has 2 aliphatic rings. The van der Waals surface area contributed by atoms with E-state index in [1.807, 2.05) is 12.1 Å². The van der Waals surface area contributed by atoms with Crippen molar-refractivity contribution < 1.29 is 14.3 Å². The summed E-state index contributed by atoms with van der Waals surface area (Å²) < 4.78 is 10.7. The number of carbonyl (C=O) groups is 1. The molecule has 3 heterocycles. The van der Waals surface area contributed by atoms with Gasteiger partial charge in [0.25, 0.3) is 0 Å². The summed E-state index contributed by atoms with van der Waals surface area (Å²) in [5.41, 5.74) is 1.53. The van der Waals surface area contributed by atoms with Crippen LogP contribution in [0.2, 0.25) is 0 Å². The van der Waals surface area contributed by atoms with Crippen molar-refractivity contribution in [3.05, 3.63) is 53.7 Å². The molecule has 0 bridgehead atoms. The van der Waals surface area contributed by atoms with Gasteiger partial charge in [-0.05, 0) is 17.7 Å². The number of esters is 1. The highest BCUT2D eigenvalue weighted by Gasteiger charge is 2.40. The molecule has 2 atom stereocenters. The predicted molar refractivity (Wildman–Crippen MR) is 96.0 cm³/mol. The third kappa shape index (κ3) is 3.40. The monoisotopic (exact) mass is 354 g/mol. The molecule has 2 aromatic rings. The second-order valence-corrected chi connectivity index (χ2v) is 6.61. The lowest BCUT2D eigenvalue weighted by molar-refractivity contribution is -0.0499. The average Bonchev–Trinajstić information content (AvgIpc) is 3.14. The number of morpholine rings is 1. The molecule has 0 amide bonds. The number of hydrogen-bond acceptors (Lipinski definition) is 7. The highest BCUT2D eigenvalue weighted by Crippen LogP contribution is 2.27. The van der Waals surface area contributed by atoms with Crippen LogP contribution >= 0.6 is 0 Å². The number of methoxy groups -OCH3 is 1. The molecule has 2 saturated heterocycles. The number of nitrogens with zero attached hydrogens (tertiary/aromatic N) is 4. The van der Waals surface area contributed by atoms with E-state index in [2.05, 4.69) is 49.0 Å². The van der Waals surface area contributed by atoms with Gasteiger partial charge in [0.2, 0.25) is 0 Å². The number of benzene rings is 1. The molecule has 1 aromatic heterocycles. The van der Waals surface area contributed by atoms with Crippen LogP contribution in [-0.2, 0) is 16.0 Å². The Morgan fingerprint density at radius 3 is 2.77 bits per heavy atom. The fourth-order valence-electron chi connectivity index (χ4n) is 3.67. The Morgan fingerprint density at radius 2 is 2.04 bits per heavy atom. The van der Waals surface area contributed by atoms with Gasteiger partial charge in [0, 0.05) is 26.2 Å². The fourth-order valence-corrected chi connectivity index (χ4v) is 3.67. The van der Waals surface area contributed by atoms with E-state index in [1.165, 1.54) is 12.7 Å². The molecular weight excluding hydrogens is 332 g/mol. The predicted octanol–water partition coefficient (Wildman–Crippen LogP) is 1.35. The third-order valence-electron chi connectivity index (χ3n) is 5.01. The smallest absolute Gasteiger partial charge is 0.358 e. The summed E-state index contributed by atoms with van der Waals surface area (Å²) in [6.45, 7) is 4.21. The first kappa shape index (κ1) is 16.9. The number of ether oxygens (including phenoxy) is 2. The van der Waals surface area contributed by atoms with Gasteiger partial charge in [0.05, 0.1) is 25.9 Å². The van der Waals surface area contributed by atoms with E-state index in [0.717, 1.165) is 38.6 Å². The van der Waals surface area contributed by atoms with E-state index < -0.39 is 5.97 Å². The molecule has 0 spiro atoms. The zero-order valence-electron chi connectivity index (χ0n) is 14.7. The largest absolute Gasteiger partial charge is 0.464 e. The molecule has 2 fully saturated rings. The van der Waals surface area contributed by atoms with Crippen LogP contribution in [0.1, 0.15) is 16.1 Å². The van der Waals surface area contributed by atoms with Crippen LogP contribution in [0.5, 0.6) is 0 Å². The summed E-state index contributed by atoms with van der Waals surface area (Å²) in [4.78, 5) is 16.2. The minimum absolute atomic E-state index is 0.162. The lowest BCUT2D eigenvalue weighted by Crippen LogP contribution is -2.50. The maximum atomic E-state index is 11.5. The van der Waals surface area contributed by atoms with Crippen LogP contribution in [0.25, 0.3) is 0 Å². The van der Waals surface area contributed by atoms with Crippen LogP contribution in [-0.4, -0.2) is 66.6 Å². The Kier molecular flexibility index (Phi) is 4.81. The van der Waals surface area contributed by atoms with Crippen LogP contribution in [0.3, 0.4) is 0 Å². The third-order valence-corrected chi connectivity index (χ3v) is 5.01. The van der Waals surface area contributed by atoms with Crippen LogP contribution < -0.4 is 4.90 Å². The highest BCUT2D eigenvalue weighted by atomic mass is 16.5. The zero-order chi connectivity index (χ0) is 17.9. The van der Waals surface area contributed by atoms with E-state index in [9.17, 15) is 4.79 Å². The van der Waals surface area contributed by atoms with Gasteiger partial charge in [-0.25, -0.2) is 4.79 Å². The van der Waals surface area contributed by atoms with Crippen LogP contribution in [0.4, 0.5) is 5.82 Å². The SMILES string of the molecule is COC(=O)c1ccc(N2CC3OCCN(Cc4ccccc4)C3C2)nn1. The minimum atomic E-state index is -0.475. The van der Waals surface area contributed by atoms with E-state index in [4.69, 9.17) is 4.74 Å². The number of anilines is 1. The molecule has 7 nitrogen and oxygen atoms in total. The molecule has 26 heavy (non-hydrogen) atoms. The van der Waals surface area contributed by atoms with Gasteiger partial charge in [-0.15, -0.1) is 10.2 Å². The van der Waals surface area contributed by atoms with Gasteiger partial charge < -0.3 is 14.4 Å². The first-order valence-corrected chi connectivity index (χ1v) is 8.81. The normalized spacial score (nSPS) is 22.9. The van der Waals surface area contributed by atoms with E-state index in [-0.39, 0.29) is 11.8 Å². The van der Waals surface area contributed by atoms with Crippen molar-refractivity contribution in [3.8, 4) is 0 Å². The molecule has 1 aromatic carbocycles. The topological polar surface area (TPSA) is 67.8 Å². The van der Waals surface area contributed by atoms with Crippen molar-refractivity contribution in [2.75, 3.05) is 38.3 Å². The molecule has 2 aliphatic heterocycles. The Morgan fingerprint density at radius 1 is 1.19 bits per heavy atom. The fraction of sp³-hybridized carbons (Fsp3) is 0.421. The van der Waals surface area contributed by atoms with Crippen LogP contribution in [0, 0.1) is 0 Å². The van der Waals surface area contributed by atoms with Gasteiger partial charge in [0.1, 0.15) is 0 Å². The Hall–Kier alpha value is -2.51. The van der Waals surface area contributed by atoms with E-state index in [0.29, 0.717) is 6.04 Å². The number of aromatic nitrogens is 2. The summed E-state index contributed by atoms with van der Waals surface area (Å²) in [5.74, 6) is 0.284. The molecule has 136 valence electrons. The molecule has 7 heteroatoms. The molecule has 0 aliphatic carbocycles. The van der Waals surface area contributed by atoms with Crippen molar-refractivity contribution in [2.45, 2.75) is 18.7 Å². The first-order chi connectivity index (χ1) is 12.7. The zero-order valence-corrected chi connectivity index (χ0v) is 14.7. The second-order valence-electron chi connectivity index (χ2n) is 6.61. The van der Waals surface area contributed by atoms with Gasteiger partial charge in [-0.2, -0.15) is 0 Å². The minimum Gasteiger partial charge on any atom is -0.464 e. The lowest BCUT2D eigenvalue weighted by atomic mass is 10.1. The van der Waals surface area contributed by atoms with Gasteiger partial charge in [0.15, 0.2) is 11.5 Å². The maximum Gasteiger partial charge on any atom is 0.358 e. The van der Waals surface area contributed by atoms with Crippen LogP contribution in [0.15, 0.2) is 42.5 Å². The average molecular weight is 354 g/mol. The van der Waals surface area contributed by atoms with Gasteiger partial charge >= 0.3 is 5.97 Å². The molecular formula is C19H22N4O3. The maximum absolute atomic E-state index is 11.5. The summed E-state index contributed by atoms with van der Waals surface area (Å²) in [6.07, 6.45) is 0.162. The molecule has 4 rings (SSSR count). The van der Waals surface area contributed by atoms with Crippen molar-refractivity contribution >= 4 is 11.8 Å². The molecule has 0 N–H and O–H groups in total. The van der Waals surface area contributed by atoms with Crippen molar-refractivity contribution in [1.29, 1.82) is 0 Å². The lowest BCUT2D eigenvalue weighted by Gasteiger charge is -2.36. The molecule has 0 saturated carbocycles. The Labute approximate surface area is 152 Å². The standard InChI is InChI=1S/C19H22N4O3/c1-25-19(24)15-7-8-18(21-20-15)23-12-16-17(13-23)26-10-9-22(16)11-14-5-3-2-4-6-14/h2-8,16-17H,9-13H2,1H3. The highest BCUT2D eigenvalue weighted by molar-refractivity contribution is 5.86. The summed E-state index contributed by atoms with van der Waals surface area (Å²) >= 11 is 0. The number of rotatable bonds is 4. The summed E-state index contributed by atoms with van der Waals surface area (Å²) in [7, 11) is 1.34. The van der Waals surface area contributed by atoms with Gasteiger partial charge in [-0.1, -0.05) is 30.3 Å². The number of hydrogen-bond donors (Lipinski definition) is 0. The Balaban J connectivity index is 1.46. The van der Waals surface area contributed by atoms with Crippen molar-refractivity contribution in [2.24, 2.45) is 0 Å². The van der Waals surface area contributed by atoms with E-state index in [1.54, 1.807) is 6.07 Å². The Bertz CT molecular complexity index is 753. The number of fused-ring (bicyclic) bond motifs is 1. The summed E-state index contributed by atoms with van der Waals surface area (Å²) in [5, 5.41) is 8.18. The molecule has 2 unspecified atom stereocenters. The van der Waals surface area contributed by atoms with Crippen molar-refractivity contribution in [3.63, 3.8) is 0 Å². The van der Waals surface area contributed by atoms with Crippen molar-refractivity contribution in [1.82, 2.24) is 15.1 Å². The first-order valence-electron chi connectivity index (χ1n) is 8.81.